The van der Waals surface area contributed by atoms with E-state index < -0.39 is 4.92 Å². The number of thiazole rings is 1. The number of nitrogens with zero attached hydrogens (tertiary/aromatic N) is 5. The van der Waals surface area contributed by atoms with E-state index in [2.05, 4.69) is 19.9 Å². The van der Waals surface area contributed by atoms with Crippen molar-refractivity contribution in [2.45, 2.75) is 0 Å². The van der Waals surface area contributed by atoms with Gasteiger partial charge in [-0.3, -0.25) is 14.7 Å². The minimum atomic E-state index is -0.495. The molecule has 0 aliphatic carbocycles. The Kier molecular flexibility index (Phi) is 4.94. The lowest BCUT2D eigenvalue weighted by Gasteiger charge is -2.07. The van der Waals surface area contributed by atoms with Crippen LogP contribution in [0.3, 0.4) is 0 Å². The number of aromatic nitrogens is 5. The van der Waals surface area contributed by atoms with Gasteiger partial charge < -0.3 is 4.98 Å². The molecular formula is C16H8Cl2N6O2S2. The highest BCUT2D eigenvalue weighted by Gasteiger charge is 2.15. The summed E-state index contributed by atoms with van der Waals surface area (Å²) < 4.78 is 2.10. The zero-order valence-electron chi connectivity index (χ0n) is 13.7. The van der Waals surface area contributed by atoms with Gasteiger partial charge in [0.05, 0.1) is 4.92 Å². The molecule has 28 heavy (non-hydrogen) atoms. The average Bonchev–Trinajstić information content (AvgIpc) is 3.30. The number of imidazole rings is 1. The van der Waals surface area contributed by atoms with Crippen molar-refractivity contribution in [3.05, 3.63) is 68.0 Å². The Balaban J connectivity index is 1.65. The normalized spacial score (nSPS) is 10.9. The van der Waals surface area contributed by atoms with E-state index in [-0.39, 0.29) is 10.2 Å². The molecule has 0 amide bonds. The third kappa shape index (κ3) is 3.42. The molecule has 1 aromatic carbocycles. The highest BCUT2D eigenvalue weighted by atomic mass is 35.5. The Morgan fingerprint density at radius 3 is 2.46 bits per heavy atom. The predicted octanol–water partition coefficient (Wildman–Crippen LogP) is 5.33. The van der Waals surface area contributed by atoms with Crippen LogP contribution >= 0.6 is 46.8 Å². The molecule has 3 aromatic heterocycles. The molecule has 0 aliphatic rings. The predicted molar refractivity (Wildman–Crippen MR) is 110 cm³/mol. The smallest absolute Gasteiger partial charge is 0.328 e. The van der Waals surface area contributed by atoms with Crippen molar-refractivity contribution in [2.24, 2.45) is 0 Å². The summed E-state index contributed by atoms with van der Waals surface area (Å²) in [7, 11) is 0. The monoisotopic (exact) mass is 450 g/mol. The van der Waals surface area contributed by atoms with E-state index >= 15 is 0 Å². The zero-order chi connectivity index (χ0) is 19.8. The largest absolute Gasteiger partial charge is 0.344 e. The molecule has 4 rings (SSSR count). The van der Waals surface area contributed by atoms with Crippen molar-refractivity contribution >= 4 is 51.8 Å². The second kappa shape index (κ2) is 7.40. The highest BCUT2D eigenvalue weighted by molar-refractivity contribution is 7.71. The molecule has 0 saturated carbocycles. The first-order chi connectivity index (χ1) is 13.4. The second-order valence-corrected chi connectivity index (χ2v) is 7.61. The van der Waals surface area contributed by atoms with Gasteiger partial charge in [-0.15, -0.1) is 0 Å². The molecule has 8 nitrogen and oxygen atoms in total. The van der Waals surface area contributed by atoms with Crippen molar-refractivity contribution in [3.63, 3.8) is 0 Å². The quantitative estimate of drug-likeness (QED) is 0.256. The van der Waals surface area contributed by atoms with Gasteiger partial charge in [0.25, 0.3) is 0 Å². The first-order valence-electron chi connectivity index (χ1n) is 7.63. The van der Waals surface area contributed by atoms with Crippen LogP contribution in [0.5, 0.6) is 0 Å². The number of benzene rings is 1. The molecule has 0 saturated heterocycles. The molecular weight excluding hydrogens is 443 g/mol. The number of nitro groups is 1. The molecule has 3 heterocycles. The number of nitrogens with one attached hydrogen (secondary N) is 1. The lowest BCUT2D eigenvalue weighted by Crippen LogP contribution is -1.94. The number of halogens is 2. The van der Waals surface area contributed by atoms with Crippen LogP contribution in [0.4, 0.5) is 5.00 Å². The van der Waals surface area contributed by atoms with Crippen molar-refractivity contribution in [1.82, 2.24) is 24.5 Å². The van der Waals surface area contributed by atoms with Crippen LogP contribution in [0.2, 0.25) is 10.3 Å². The van der Waals surface area contributed by atoms with Gasteiger partial charge in [0.2, 0.25) is 0 Å². The molecule has 0 bridgehead atoms. The summed E-state index contributed by atoms with van der Waals surface area (Å²) in [5.74, 6) is 0.378. The minimum absolute atomic E-state index is 0.0611. The van der Waals surface area contributed by atoms with Crippen LogP contribution in [0, 0.1) is 14.8 Å². The molecule has 0 spiro atoms. The standard InChI is InChI=1S/C16H8Cl2N6O2S2/c17-12-13(18)23(7-21-12)9-3-1-8(2-4-9)10-5-19-14(22-15(10)27)16-20-6-11(28-16)24(25)26/h1-7H,(H,19,22,27). The lowest BCUT2D eigenvalue weighted by atomic mass is 10.1. The molecule has 12 heteroatoms. The Morgan fingerprint density at radius 1 is 1.14 bits per heavy atom. The fraction of sp³-hybridized carbons (Fsp3) is 0. The van der Waals surface area contributed by atoms with E-state index in [0.717, 1.165) is 22.6 Å². The maximum Gasteiger partial charge on any atom is 0.344 e. The molecule has 140 valence electrons. The lowest BCUT2D eigenvalue weighted by molar-refractivity contribution is -0.380. The molecule has 0 radical (unpaired) electrons. The number of rotatable bonds is 4. The van der Waals surface area contributed by atoms with Gasteiger partial charge in [-0.05, 0) is 29.0 Å². The molecule has 0 fully saturated rings. The molecule has 0 unspecified atom stereocenters. The van der Waals surface area contributed by atoms with E-state index in [1.54, 1.807) is 10.8 Å². The van der Waals surface area contributed by atoms with E-state index in [4.69, 9.17) is 35.4 Å². The van der Waals surface area contributed by atoms with Gasteiger partial charge in [0.15, 0.2) is 21.1 Å². The summed E-state index contributed by atoms with van der Waals surface area (Å²) in [5.41, 5.74) is 2.35. The summed E-state index contributed by atoms with van der Waals surface area (Å²) >= 11 is 18.3. The average molecular weight is 451 g/mol. The summed E-state index contributed by atoms with van der Waals surface area (Å²) in [6, 6.07) is 7.44. The molecule has 4 aromatic rings. The fourth-order valence-electron chi connectivity index (χ4n) is 2.46. The van der Waals surface area contributed by atoms with Crippen LogP contribution in [0.1, 0.15) is 0 Å². The van der Waals surface area contributed by atoms with Gasteiger partial charge in [-0.25, -0.2) is 15.0 Å². The molecule has 0 atom stereocenters. The van der Waals surface area contributed by atoms with Crippen molar-refractivity contribution < 1.29 is 4.92 Å². The van der Waals surface area contributed by atoms with Gasteiger partial charge >= 0.3 is 5.00 Å². The summed E-state index contributed by atoms with van der Waals surface area (Å²) in [5, 5.41) is 11.7. The van der Waals surface area contributed by atoms with Crippen molar-refractivity contribution in [3.8, 4) is 27.6 Å². The van der Waals surface area contributed by atoms with E-state index in [0.29, 0.717) is 26.2 Å². The van der Waals surface area contributed by atoms with Crippen molar-refractivity contribution in [2.75, 3.05) is 0 Å². The Hall–Kier alpha value is -2.66. The zero-order valence-corrected chi connectivity index (χ0v) is 16.8. The number of H-pyrrole nitrogens is 1. The molecule has 0 aliphatic heterocycles. The van der Waals surface area contributed by atoms with Gasteiger partial charge in [-0.1, -0.05) is 47.6 Å². The number of hydrogen-bond acceptors (Lipinski definition) is 7. The van der Waals surface area contributed by atoms with Crippen molar-refractivity contribution in [1.29, 1.82) is 0 Å². The Labute approximate surface area is 176 Å². The third-order valence-electron chi connectivity index (χ3n) is 3.80. The van der Waals surface area contributed by atoms with E-state index in [1.165, 1.54) is 12.5 Å². The van der Waals surface area contributed by atoms with Gasteiger partial charge in [-0.2, -0.15) is 0 Å². The maximum absolute atomic E-state index is 10.8. The van der Waals surface area contributed by atoms with Crippen LogP contribution in [0.15, 0.2) is 43.0 Å². The minimum Gasteiger partial charge on any atom is -0.328 e. The second-order valence-electron chi connectivity index (χ2n) is 5.48. The number of aromatic amines is 1. The Morgan fingerprint density at radius 2 is 1.89 bits per heavy atom. The van der Waals surface area contributed by atoms with Crippen LogP contribution in [-0.2, 0) is 0 Å². The number of hydrogen-bond donors (Lipinski definition) is 1. The van der Waals surface area contributed by atoms with Gasteiger partial charge in [0.1, 0.15) is 17.2 Å². The summed E-state index contributed by atoms with van der Waals surface area (Å²) in [6.45, 7) is 0. The van der Waals surface area contributed by atoms with E-state index in [9.17, 15) is 10.1 Å². The SMILES string of the molecule is O=[N+]([O-])c1cnc(-c2ncc(-c3ccc(-n4cnc(Cl)c4Cl)cc3)c(=S)[nH]2)s1. The third-order valence-corrected chi connectivity index (χ3v) is 5.81. The summed E-state index contributed by atoms with van der Waals surface area (Å²) in [6.07, 6.45) is 4.34. The summed E-state index contributed by atoms with van der Waals surface area (Å²) in [4.78, 5) is 25.6. The van der Waals surface area contributed by atoms with Gasteiger partial charge in [0, 0.05) is 17.4 Å². The van der Waals surface area contributed by atoms with E-state index in [1.807, 2.05) is 24.3 Å². The van der Waals surface area contributed by atoms with Crippen LogP contribution in [0.25, 0.3) is 27.6 Å². The topological polar surface area (TPSA) is 103 Å². The fourth-order valence-corrected chi connectivity index (χ4v) is 3.74. The molecule has 1 N–H and O–H groups in total. The van der Waals surface area contributed by atoms with Crippen LogP contribution in [-0.4, -0.2) is 29.4 Å². The Bertz CT molecular complexity index is 1250. The highest BCUT2D eigenvalue weighted by Crippen LogP contribution is 2.29. The maximum atomic E-state index is 10.8. The first-order valence-corrected chi connectivity index (χ1v) is 9.61. The van der Waals surface area contributed by atoms with Crippen LogP contribution < -0.4 is 0 Å². The first kappa shape index (κ1) is 18.7.